The first-order valence-electron chi connectivity index (χ1n) is 6.20. The van der Waals surface area contributed by atoms with E-state index >= 15 is 0 Å². The van der Waals surface area contributed by atoms with Gasteiger partial charge in [0, 0.05) is 13.5 Å². The molecule has 3 unspecified atom stereocenters. The number of hydrogen-bond donors (Lipinski definition) is 1. The standard InChI is InChI=1S/C14H20O5/c1-8-5-10(16-2)14(11(6-8)17-3)19-12-7-9(15)13(12)18-4/h5-6,9,12-13,15H,7H2,1-4H3. The predicted molar refractivity (Wildman–Crippen MR) is 70.1 cm³/mol. The molecule has 0 radical (unpaired) electrons. The smallest absolute Gasteiger partial charge is 0.203 e. The van der Waals surface area contributed by atoms with Crippen molar-refractivity contribution in [1.82, 2.24) is 0 Å². The summed E-state index contributed by atoms with van der Waals surface area (Å²) < 4.78 is 21.7. The molecule has 2 rings (SSSR count). The highest BCUT2D eigenvalue weighted by atomic mass is 16.6. The van der Waals surface area contributed by atoms with Crippen LogP contribution in [0.3, 0.4) is 0 Å². The monoisotopic (exact) mass is 268 g/mol. The maximum absolute atomic E-state index is 9.59. The van der Waals surface area contributed by atoms with Gasteiger partial charge in [0.1, 0.15) is 12.2 Å². The minimum Gasteiger partial charge on any atom is -0.493 e. The van der Waals surface area contributed by atoms with Crippen LogP contribution >= 0.6 is 0 Å². The molecule has 1 saturated carbocycles. The molecule has 1 N–H and O–H groups in total. The Morgan fingerprint density at radius 1 is 1.11 bits per heavy atom. The molecule has 106 valence electrons. The van der Waals surface area contributed by atoms with Gasteiger partial charge in [-0.2, -0.15) is 0 Å². The van der Waals surface area contributed by atoms with Crippen LogP contribution in [0.25, 0.3) is 0 Å². The Kier molecular flexibility index (Phi) is 4.17. The van der Waals surface area contributed by atoms with Crippen molar-refractivity contribution in [2.24, 2.45) is 0 Å². The van der Waals surface area contributed by atoms with Gasteiger partial charge in [-0.3, -0.25) is 0 Å². The van der Waals surface area contributed by atoms with Gasteiger partial charge in [0.25, 0.3) is 0 Å². The van der Waals surface area contributed by atoms with Crippen molar-refractivity contribution in [2.75, 3.05) is 21.3 Å². The van der Waals surface area contributed by atoms with Crippen molar-refractivity contribution >= 4 is 0 Å². The van der Waals surface area contributed by atoms with Crippen molar-refractivity contribution in [3.8, 4) is 17.2 Å². The third-order valence-electron chi connectivity index (χ3n) is 3.37. The molecule has 1 aliphatic carbocycles. The molecule has 0 bridgehead atoms. The van der Waals surface area contributed by atoms with Gasteiger partial charge in [-0.15, -0.1) is 0 Å². The molecule has 5 heteroatoms. The maximum Gasteiger partial charge on any atom is 0.203 e. The SMILES string of the molecule is COc1cc(C)cc(OC)c1OC1CC(O)C1OC. The number of aryl methyl sites for hydroxylation is 1. The lowest BCUT2D eigenvalue weighted by molar-refractivity contribution is -0.149. The molecule has 0 heterocycles. The van der Waals surface area contributed by atoms with E-state index in [1.165, 1.54) is 0 Å². The first kappa shape index (κ1) is 14.0. The number of aliphatic hydroxyl groups is 1. The summed E-state index contributed by atoms with van der Waals surface area (Å²) in [5.74, 6) is 1.79. The second-order valence-electron chi connectivity index (χ2n) is 4.66. The summed E-state index contributed by atoms with van der Waals surface area (Å²) in [6.07, 6.45) is -0.433. The quantitative estimate of drug-likeness (QED) is 0.878. The van der Waals surface area contributed by atoms with Crippen LogP contribution in [0.4, 0.5) is 0 Å². The molecule has 1 fully saturated rings. The van der Waals surface area contributed by atoms with Gasteiger partial charge in [0.15, 0.2) is 11.5 Å². The van der Waals surface area contributed by atoms with Crippen LogP contribution in [0, 0.1) is 6.92 Å². The minimum atomic E-state index is -0.475. The molecular formula is C14H20O5. The summed E-state index contributed by atoms with van der Waals surface area (Å²) in [4.78, 5) is 0. The molecular weight excluding hydrogens is 248 g/mol. The van der Waals surface area contributed by atoms with Crippen molar-refractivity contribution < 1.29 is 24.1 Å². The van der Waals surface area contributed by atoms with Gasteiger partial charge < -0.3 is 24.1 Å². The summed E-state index contributed by atoms with van der Waals surface area (Å²) >= 11 is 0. The fourth-order valence-electron chi connectivity index (χ4n) is 2.26. The van der Waals surface area contributed by atoms with E-state index in [-0.39, 0.29) is 12.2 Å². The molecule has 0 aromatic heterocycles. The van der Waals surface area contributed by atoms with Crippen molar-refractivity contribution in [3.05, 3.63) is 17.7 Å². The normalized spacial score (nSPS) is 25.6. The highest BCUT2D eigenvalue weighted by molar-refractivity contribution is 5.53. The van der Waals surface area contributed by atoms with Crippen molar-refractivity contribution in [3.63, 3.8) is 0 Å². The lowest BCUT2D eigenvalue weighted by Gasteiger charge is -2.40. The lowest BCUT2D eigenvalue weighted by atomic mass is 9.88. The molecule has 19 heavy (non-hydrogen) atoms. The van der Waals surface area contributed by atoms with E-state index in [2.05, 4.69) is 0 Å². The number of methoxy groups -OCH3 is 3. The van der Waals surface area contributed by atoms with Crippen LogP contribution in [-0.2, 0) is 4.74 Å². The van der Waals surface area contributed by atoms with E-state index in [1.807, 2.05) is 19.1 Å². The van der Waals surface area contributed by atoms with E-state index < -0.39 is 6.10 Å². The Morgan fingerprint density at radius 2 is 1.68 bits per heavy atom. The Balaban J connectivity index is 2.24. The maximum atomic E-state index is 9.59. The molecule has 0 amide bonds. The summed E-state index contributed by atoms with van der Waals surface area (Å²) in [5.41, 5.74) is 1.03. The number of aliphatic hydroxyl groups excluding tert-OH is 1. The number of ether oxygens (including phenoxy) is 4. The molecule has 0 saturated heterocycles. The minimum absolute atomic E-state index is 0.189. The van der Waals surface area contributed by atoms with Crippen LogP contribution in [0.5, 0.6) is 17.2 Å². The molecule has 1 aliphatic rings. The average Bonchev–Trinajstić information content (AvgIpc) is 2.39. The van der Waals surface area contributed by atoms with Gasteiger partial charge in [-0.25, -0.2) is 0 Å². The van der Waals surface area contributed by atoms with Gasteiger partial charge in [0.2, 0.25) is 5.75 Å². The highest BCUT2D eigenvalue weighted by Crippen LogP contribution is 2.41. The zero-order valence-electron chi connectivity index (χ0n) is 11.7. The van der Waals surface area contributed by atoms with E-state index in [9.17, 15) is 5.11 Å². The van der Waals surface area contributed by atoms with Crippen LogP contribution in [0.15, 0.2) is 12.1 Å². The van der Waals surface area contributed by atoms with Crippen molar-refractivity contribution in [2.45, 2.75) is 31.7 Å². The summed E-state index contributed by atoms with van der Waals surface area (Å²) in [6, 6.07) is 3.77. The van der Waals surface area contributed by atoms with Gasteiger partial charge >= 0.3 is 0 Å². The van der Waals surface area contributed by atoms with Crippen molar-refractivity contribution in [1.29, 1.82) is 0 Å². The van der Waals surface area contributed by atoms with Crippen LogP contribution in [0.2, 0.25) is 0 Å². The van der Waals surface area contributed by atoms with Crippen LogP contribution in [0.1, 0.15) is 12.0 Å². The first-order valence-corrected chi connectivity index (χ1v) is 6.20. The largest absolute Gasteiger partial charge is 0.493 e. The Hall–Kier alpha value is -1.46. The van der Waals surface area contributed by atoms with Crippen LogP contribution in [-0.4, -0.2) is 44.7 Å². The second-order valence-corrected chi connectivity index (χ2v) is 4.66. The predicted octanol–water partition coefficient (Wildman–Crippen LogP) is 1.54. The number of hydrogen-bond acceptors (Lipinski definition) is 5. The zero-order chi connectivity index (χ0) is 14.0. The fraction of sp³-hybridized carbons (Fsp3) is 0.571. The molecule has 1 aromatic rings. The Morgan fingerprint density at radius 3 is 2.11 bits per heavy atom. The second kappa shape index (κ2) is 5.67. The Bertz CT molecular complexity index is 420. The van der Waals surface area contributed by atoms with E-state index in [1.54, 1.807) is 21.3 Å². The van der Waals surface area contributed by atoms with Crippen LogP contribution < -0.4 is 14.2 Å². The molecule has 1 aromatic carbocycles. The molecule has 3 atom stereocenters. The highest BCUT2D eigenvalue weighted by Gasteiger charge is 2.43. The summed E-state index contributed by atoms with van der Waals surface area (Å²) in [5, 5.41) is 9.59. The van der Waals surface area contributed by atoms with E-state index in [0.717, 1.165) is 5.56 Å². The lowest BCUT2D eigenvalue weighted by Crippen LogP contribution is -2.54. The number of benzene rings is 1. The average molecular weight is 268 g/mol. The van der Waals surface area contributed by atoms with Gasteiger partial charge in [0.05, 0.1) is 20.3 Å². The molecule has 5 nitrogen and oxygen atoms in total. The topological polar surface area (TPSA) is 57.2 Å². The fourth-order valence-corrected chi connectivity index (χ4v) is 2.26. The van der Waals surface area contributed by atoms with Gasteiger partial charge in [-0.1, -0.05) is 0 Å². The Labute approximate surface area is 113 Å². The first-order chi connectivity index (χ1) is 9.10. The van der Waals surface area contributed by atoms with E-state index in [4.69, 9.17) is 18.9 Å². The zero-order valence-corrected chi connectivity index (χ0v) is 11.7. The summed E-state index contributed by atoms with van der Waals surface area (Å²) in [7, 11) is 4.74. The summed E-state index contributed by atoms with van der Waals surface area (Å²) in [6.45, 7) is 1.96. The van der Waals surface area contributed by atoms with E-state index in [0.29, 0.717) is 23.7 Å². The molecule has 0 aliphatic heterocycles. The third kappa shape index (κ3) is 2.62. The van der Waals surface area contributed by atoms with Gasteiger partial charge in [-0.05, 0) is 24.6 Å². The number of rotatable bonds is 5. The molecule has 0 spiro atoms. The third-order valence-corrected chi connectivity index (χ3v) is 3.37.